The first kappa shape index (κ1) is 24.2. The van der Waals surface area contributed by atoms with Gasteiger partial charge in [0.15, 0.2) is 5.13 Å². The Morgan fingerprint density at radius 3 is 2.78 bits per heavy atom. The van der Waals surface area contributed by atoms with Crippen molar-refractivity contribution in [1.82, 2.24) is 35.4 Å². The van der Waals surface area contributed by atoms with Crippen LogP contribution >= 0.6 is 47.3 Å². The molecule has 0 spiro atoms. The van der Waals surface area contributed by atoms with E-state index in [2.05, 4.69) is 25.8 Å². The summed E-state index contributed by atoms with van der Waals surface area (Å²) >= 11 is 3.33. The van der Waals surface area contributed by atoms with Gasteiger partial charge in [-0.25, -0.2) is 9.67 Å². The lowest BCUT2D eigenvalue weighted by Gasteiger charge is -2.53. The smallest absolute Gasteiger partial charge is 0.313 e. The summed E-state index contributed by atoms with van der Waals surface area (Å²) in [7, 11) is 1.65. The van der Waals surface area contributed by atoms with E-state index in [9.17, 15) is 24.3 Å². The van der Waals surface area contributed by atoms with E-state index in [4.69, 9.17) is 5.73 Å². The number of carbonyl (C=O) groups excluding carboxylic acids is 3. The quantitative estimate of drug-likeness (QED) is 0.177. The summed E-state index contributed by atoms with van der Waals surface area (Å²) < 4.78 is 1.44. The lowest BCUT2D eigenvalue weighted by molar-refractivity contribution is -0.157. The number of Topliss-reactive ketones (excluding diaryl/α,β-unsaturated/α-hetero) is 1. The maximum Gasteiger partial charge on any atom is 0.313 e. The lowest BCUT2D eigenvalue weighted by atomic mass is 9.89. The summed E-state index contributed by atoms with van der Waals surface area (Å²) in [6.45, 7) is -0.0111. The number of amides is 2. The number of carbonyl (C=O) groups is 4. The molecule has 2 aromatic rings. The van der Waals surface area contributed by atoms with Crippen molar-refractivity contribution in [1.29, 1.82) is 0 Å². The van der Waals surface area contributed by atoms with Gasteiger partial charge >= 0.3 is 5.97 Å². The van der Waals surface area contributed by atoms with Gasteiger partial charge in [0, 0.05) is 25.1 Å². The van der Waals surface area contributed by atoms with Crippen LogP contribution in [0.15, 0.2) is 11.4 Å². The second-order valence-corrected chi connectivity index (χ2v) is 10.1. The minimum absolute atomic E-state index is 0. The van der Waals surface area contributed by atoms with Gasteiger partial charge in [-0.2, -0.15) is 0 Å². The number of carboxylic acids is 1. The van der Waals surface area contributed by atoms with Crippen LogP contribution in [0.25, 0.3) is 0 Å². The summed E-state index contributed by atoms with van der Waals surface area (Å²) in [5.74, 6) is -2.82. The standard InChI is InChI=1S/C15H16N8O5S3.ClH/c1-22-14(19-20-21-22)30-5-15(12(27)28)3-23-10(26)7(11(23)29-4-15)18-9(25)8(24)6-2-17-13(16)31-6;/h2,7,11H,3-5H2,1H3,(H2,16,17)(H,18,25)(H,27,28);1H/t7?,11-,15?;/m1./s1. The number of thioether (sulfide) groups is 2. The second kappa shape index (κ2) is 9.21. The second-order valence-electron chi connectivity index (χ2n) is 6.97. The fourth-order valence-corrected chi connectivity index (χ4v) is 6.50. The van der Waals surface area contributed by atoms with E-state index in [0.717, 1.165) is 11.3 Å². The molecule has 3 atom stereocenters. The van der Waals surface area contributed by atoms with Crippen molar-refractivity contribution in [2.75, 3.05) is 23.8 Å². The van der Waals surface area contributed by atoms with Crippen LogP contribution in [0.4, 0.5) is 5.13 Å². The molecule has 4 N–H and O–H groups in total. The van der Waals surface area contributed by atoms with Gasteiger partial charge in [0.25, 0.3) is 11.7 Å². The van der Waals surface area contributed by atoms with E-state index in [-0.39, 0.29) is 40.5 Å². The topological polar surface area (TPSA) is 186 Å². The van der Waals surface area contributed by atoms with Gasteiger partial charge in [-0.1, -0.05) is 23.1 Å². The Morgan fingerprint density at radius 1 is 1.44 bits per heavy atom. The van der Waals surface area contributed by atoms with Gasteiger partial charge in [0.1, 0.15) is 21.7 Å². The molecule has 2 aromatic heterocycles. The summed E-state index contributed by atoms with van der Waals surface area (Å²) in [4.78, 5) is 54.3. The number of thiazole rings is 1. The minimum atomic E-state index is -1.20. The number of nitrogens with two attached hydrogens (primary N) is 1. The fourth-order valence-electron chi connectivity index (χ4n) is 3.16. The average molecular weight is 521 g/mol. The molecule has 2 saturated heterocycles. The van der Waals surface area contributed by atoms with Crippen LogP contribution in [0.3, 0.4) is 0 Å². The van der Waals surface area contributed by atoms with Crippen LogP contribution in [0, 0.1) is 5.41 Å². The van der Waals surface area contributed by atoms with Crippen molar-refractivity contribution in [3.05, 3.63) is 11.1 Å². The number of aromatic nitrogens is 5. The van der Waals surface area contributed by atoms with Gasteiger partial charge in [0.2, 0.25) is 11.1 Å². The molecule has 4 heterocycles. The molecule has 0 radical (unpaired) electrons. The fraction of sp³-hybridized carbons (Fsp3) is 0.467. The number of ketones is 1. The van der Waals surface area contributed by atoms with Gasteiger partial charge in [-0.15, -0.1) is 29.3 Å². The number of β-lactam (4-membered cyclic amide) rings is 1. The number of anilines is 1. The monoisotopic (exact) mass is 520 g/mol. The highest BCUT2D eigenvalue weighted by Gasteiger charge is 2.57. The summed E-state index contributed by atoms with van der Waals surface area (Å²) in [5, 5.41) is 23.6. The van der Waals surface area contributed by atoms with Gasteiger partial charge < -0.3 is 21.1 Å². The Balaban J connectivity index is 0.00000289. The summed E-state index contributed by atoms with van der Waals surface area (Å²) in [6, 6.07) is -0.894. The van der Waals surface area contributed by atoms with Crippen LogP contribution in [0.5, 0.6) is 0 Å². The van der Waals surface area contributed by atoms with Crippen LogP contribution in [0.1, 0.15) is 9.67 Å². The van der Waals surface area contributed by atoms with Crippen LogP contribution in [0.2, 0.25) is 0 Å². The number of nitrogens with zero attached hydrogens (tertiary/aromatic N) is 6. The highest BCUT2D eigenvalue weighted by molar-refractivity contribution is 8.00. The molecule has 0 saturated carbocycles. The molecule has 13 nitrogen and oxygen atoms in total. The number of hydrogen-bond acceptors (Lipinski definition) is 12. The predicted molar refractivity (Wildman–Crippen MR) is 118 cm³/mol. The first-order valence-electron chi connectivity index (χ1n) is 8.79. The number of halogens is 1. The Hall–Kier alpha value is -2.43. The molecule has 17 heteroatoms. The third-order valence-corrected chi connectivity index (χ3v) is 8.61. The third kappa shape index (κ3) is 4.26. The Kier molecular flexibility index (Phi) is 6.97. The van der Waals surface area contributed by atoms with Crippen LogP contribution in [-0.4, -0.2) is 88.2 Å². The van der Waals surface area contributed by atoms with Crippen molar-refractivity contribution in [3.8, 4) is 0 Å². The molecule has 2 aliphatic rings. The molecule has 172 valence electrons. The number of hydrogen-bond donors (Lipinski definition) is 3. The van der Waals surface area contributed by atoms with Crippen molar-refractivity contribution in [3.63, 3.8) is 0 Å². The van der Waals surface area contributed by atoms with Crippen molar-refractivity contribution < 1.29 is 24.3 Å². The van der Waals surface area contributed by atoms with Crippen molar-refractivity contribution in [2.45, 2.75) is 16.6 Å². The predicted octanol–water partition coefficient (Wildman–Crippen LogP) is -0.883. The van der Waals surface area contributed by atoms with E-state index in [1.54, 1.807) is 7.05 Å². The molecular weight excluding hydrogens is 504 g/mol. The average Bonchev–Trinajstić information content (AvgIpc) is 3.37. The number of carboxylic acid groups (broad SMARTS) is 1. The number of aliphatic carboxylic acids is 1. The van der Waals surface area contributed by atoms with E-state index in [1.165, 1.54) is 39.3 Å². The lowest BCUT2D eigenvalue weighted by Crippen LogP contribution is -2.74. The Morgan fingerprint density at radius 2 is 2.19 bits per heavy atom. The molecule has 0 aromatic carbocycles. The largest absolute Gasteiger partial charge is 0.481 e. The van der Waals surface area contributed by atoms with E-state index in [0.29, 0.717) is 5.16 Å². The number of nitrogen functional groups attached to an aromatic ring is 1. The zero-order chi connectivity index (χ0) is 22.3. The number of tetrazole rings is 1. The Labute approximate surface area is 199 Å². The first-order valence-corrected chi connectivity index (χ1v) is 11.6. The maximum atomic E-state index is 12.6. The highest BCUT2D eigenvalue weighted by atomic mass is 35.5. The molecule has 2 aliphatic heterocycles. The third-order valence-electron chi connectivity index (χ3n) is 4.90. The highest BCUT2D eigenvalue weighted by Crippen LogP contribution is 2.44. The number of nitrogens with one attached hydrogen (secondary N) is 1. The minimum Gasteiger partial charge on any atom is -0.481 e. The van der Waals surface area contributed by atoms with E-state index >= 15 is 0 Å². The molecule has 32 heavy (non-hydrogen) atoms. The van der Waals surface area contributed by atoms with Gasteiger partial charge in [0.05, 0.1) is 6.20 Å². The van der Waals surface area contributed by atoms with Crippen LogP contribution in [-0.2, 0) is 21.4 Å². The first-order chi connectivity index (χ1) is 14.7. The molecular formula is C15H17ClN8O5S3. The van der Waals surface area contributed by atoms with Crippen LogP contribution < -0.4 is 11.1 Å². The number of rotatable bonds is 7. The molecule has 4 rings (SSSR count). The SMILES string of the molecule is Cl.Cn1nnnc1SCC1(C(=O)O)CS[C@@H]2C(NC(=O)C(=O)c3cnc(N)s3)C(=O)N2C1. The van der Waals surface area contributed by atoms with Gasteiger partial charge in [-0.05, 0) is 10.4 Å². The van der Waals surface area contributed by atoms with Gasteiger partial charge in [-0.3, -0.25) is 19.2 Å². The van der Waals surface area contributed by atoms with E-state index in [1.807, 2.05) is 0 Å². The van der Waals surface area contributed by atoms with E-state index < -0.39 is 40.4 Å². The molecule has 0 aliphatic carbocycles. The van der Waals surface area contributed by atoms with Crippen molar-refractivity contribution in [2.24, 2.45) is 12.5 Å². The normalized spacial score (nSPS) is 24.2. The molecule has 2 unspecified atom stereocenters. The molecule has 0 bridgehead atoms. The maximum absolute atomic E-state index is 12.6. The zero-order valence-electron chi connectivity index (χ0n) is 16.3. The number of fused-ring (bicyclic) bond motifs is 1. The Bertz CT molecular complexity index is 1080. The van der Waals surface area contributed by atoms with Crippen molar-refractivity contribution >= 4 is 76.0 Å². The molecule has 2 fully saturated rings. The summed E-state index contributed by atoms with van der Waals surface area (Å²) in [5.41, 5.74) is 4.28. The number of aryl methyl sites for hydroxylation is 1. The zero-order valence-corrected chi connectivity index (χ0v) is 19.6. The summed E-state index contributed by atoms with van der Waals surface area (Å²) in [6.07, 6.45) is 1.21. The molecule has 2 amide bonds.